The van der Waals surface area contributed by atoms with Gasteiger partial charge < -0.3 is 9.84 Å². The normalized spacial score (nSPS) is 53.4. The number of alkyl halides is 1. The molecule has 0 amide bonds. The molecule has 3 saturated carbocycles. The van der Waals surface area contributed by atoms with Crippen molar-refractivity contribution in [2.45, 2.75) is 57.9 Å². The van der Waals surface area contributed by atoms with Gasteiger partial charge >= 0.3 is 5.97 Å². The molecule has 4 fully saturated rings. The minimum Gasteiger partial charge on any atom is -0.475 e. The summed E-state index contributed by atoms with van der Waals surface area (Å²) in [7, 11) is 0. The number of hydrogen-bond acceptors (Lipinski definition) is 4. The number of ketones is 2. The van der Waals surface area contributed by atoms with E-state index in [9.17, 15) is 19.5 Å². The van der Waals surface area contributed by atoms with Crippen LogP contribution in [0.5, 0.6) is 0 Å². The van der Waals surface area contributed by atoms with Crippen LogP contribution >= 0.6 is 0 Å². The zero-order valence-corrected chi connectivity index (χ0v) is 16.3. The largest absolute Gasteiger partial charge is 0.475 e. The van der Waals surface area contributed by atoms with Gasteiger partial charge in [-0.15, -0.1) is 0 Å². The van der Waals surface area contributed by atoms with Crippen molar-refractivity contribution in [2.75, 3.05) is 0 Å². The van der Waals surface area contributed by atoms with E-state index in [0.717, 1.165) is 0 Å². The molecule has 150 valence electrons. The molecule has 0 bridgehead atoms. The first-order chi connectivity index (χ1) is 13.1. The molecule has 5 aliphatic rings. The molecule has 1 spiro atoms. The molecule has 4 aliphatic carbocycles. The third-order valence-corrected chi connectivity index (χ3v) is 8.75. The van der Waals surface area contributed by atoms with Gasteiger partial charge in [0.05, 0.1) is 6.10 Å². The van der Waals surface area contributed by atoms with Gasteiger partial charge in [0, 0.05) is 11.3 Å². The number of halogens is 1. The fourth-order valence-corrected chi connectivity index (χ4v) is 7.70. The van der Waals surface area contributed by atoms with Crippen LogP contribution in [0.15, 0.2) is 23.8 Å². The van der Waals surface area contributed by atoms with E-state index >= 15 is 4.39 Å². The van der Waals surface area contributed by atoms with Gasteiger partial charge in [-0.2, -0.15) is 0 Å². The van der Waals surface area contributed by atoms with Gasteiger partial charge in [0.25, 0.3) is 0 Å². The first-order valence-corrected chi connectivity index (χ1v) is 10.1. The Kier molecular flexibility index (Phi) is 3.39. The van der Waals surface area contributed by atoms with Gasteiger partial charge in [0.15, 0.2) is 5.78 Å². The monoisotopic (exact) mass is 388 g/mol. The lowest BCUT2D eigenvalue weighted by atomic mass is 9.47. The van der Waals surface area contributed by atoms with Crippen molar-refractivity contribution in [1.29, 1.82) is 0 Å². The number of carboxylic acids is 1. The summed E-state index contributed by atoms with van der Waals surface area (Å²) in [6, 6.07) is 0. The minimum absolute atomic E-state index is 0.0252. The number of rotatable bonds is 2. The van der Waals surface area contributed by atoms with Crippen molar-refractivity contribution in [1.82, 2.24) is 0 Å². The summed E-state index contributed by atoms with van der Waals surface area (Å²) < 4.78 is 21.6. The molecule has 3 unspecified atom stereocenters. The number of hydrogen-bond donors (Lipinski definition) is 1. The Bertz CT molecular complexity index is 876. The third kappa shape index (κ3) is 1.88. The summed E-state index contributed by atoms with van der Waals surface area (Å²) in [6.45, 7) is 5.90. The molecular formula is C22H25FO5. The van der Waals surface area contributed by atoms with E-state index in [4.69, 9.17) is 4.74 Å². The summed E-state index contributed by atoms with van der Waals surface area (Å²) >= 11 is 0. The lowest BCUT2D eigenvalue weighted by Crippen LogP contribution is -2.59. The predicted octanol–water partition coefficient (Wildman–Crippen LogP) is 2.89. The number of carboxylic acid groups (broad SMARTS) is 1. The second-order valence-electron chi connectivity index (χ2n) is 9.92. The first kappa shape index (κ1) is 18.2. The molecule has 1 saturated heterocycles. The van der Waals surface area contributed by atoms with E-state index in [2.05, 4.69) is 0 Å². The van der Waals surface area contributed by atoms with Crippen LogP contribution in [0.4, 0.5) is 4.39 Å². The molecule has 5 rings (SSSR count). The highest BCUT2D eigenvalue weighted by atomic mass is 19.1. The van der Waals surface area contributed by atoms with Crippen molar-refractivity contribution in [3.8, 4) is 0 Å². The van der Waals surface area contributed by atoms with Crippen molar-refractivity contribution >= 4 is 17.5 Å². The standard InChI is InChI=1S/C22H25FO5/c1-10-6-12-13-8-15(23)14-7-11(24)4-5-21(14,3)22(13)16(28-22)9-20(12,2)17(10)18(25)19(26)27/h4-5,7,10,12-13,15-17H,6,8-9H2,1-3H3,(H,26,27)/t10?,12-,13-,15?,16?,17+,20-,21-,22-/m0/s1. The Morgan fingerprint density at radius 3 is 2.64 bits per heavy atom. The Labute approximate surface area is 163 Å². The SMILES string of the molecule is CC1C[C@H]2[C@@H]3CC(F)C4=CC(=O)C=C[C@]4(C)[C@]34OC4C[C@]2(C)[C@H]1C(=O)C(=O)O. The highest BCUT2D eigenvalue weighted by molar-refractivity contribution is 6.33. The molecule has 0 radical (unpaired) electrons. The number of allylic oxidation sites excluding steroid dienone is 2. The summed E-state index contributed by atoms with van der Waals surface area (Å²) in [5.74, 6) is -3.00. The van der Waals surface area contributed by atoms with E-state index < -0.39 is 40.3 Å². The molecule has 0 aromatic carbocycles. The Balaban J connectivity index is 1.59. The summed E-state index contributed by atoms with van der Waals surface area (Å²) in [5.41, 5.74) is -1.22. The van der Waals surface area contributed by atoms with Crippen LogP contribution < -0.4 is 0 Å². The molecule has 0 aromatic rings. The highest BCUT2D eigenvalue weighted by Crippen LogP contribution is 2.76. The number of carbonyl (C=O) groups excluding carboxylic acids is 2. The molecule has 1 N–H and O–H groups in total. The topological polar surface area (TPSA) is 84.0 Å². The van der Waals surface area contributed by atoms with Crippen LogP contribution in [0, 0.1) is 34.5 Å². The maximum Gasteiger partial charge on any atom is 0.372 e. The van der Waals surface area contributed by atoms with E-state index in [0.29, 0.717) is 18.4 Å². The summed E-state index contributed by atoms with van der Waals surface area (Å²) in [5, 5.41) is 9.35. The molecule has 9 atom stereocenters. The number of Topliss-reactive ketones (excluding diaryl/α,β-unsaturated/α-hetero) is 1. The molecular weight excluding hydrogens is 363 g/mol. The van der Waals surface area contributed by atoms with E-state index in [1.54, 1.807) is 0 Å². The molecule has 5 nitrogen and oxygen atoms in total. The number of carbonyl (C=O) groups is 3. The van der Waals surface area contributed by atoms with Crippen molar-refractivity contribution < 1.29 is 28.6 Å². The van der Waals surface area contributed by atoms with Gasteiger partial charge in [-0.3, -0.25) is 9.59 Å². The van der Waals surface area contributed by atoms with Crippen molar-refractivity contribution in [3.63, 3.8) is 0 Å². The number of fused-ring (bicyclic) bond motifs is 3. The predicted molar refractivity (Wildman–Crippen MR) is 97.1 cm³/mol. The maximum absolute atomic E-state index is 15.3. The highest BCUT2D eigenvalue weighted by Gasteiger charge is 2.80. The fraction of sp³-hybridized carbons (Fsp3) is 0.682. The molecule has 1 aliphatic heterocycles. The van der Waals surface area contributed by atoms with E-state index in [-0.39, 0.29) is 36.1 Å². The lowest BCUT2D eigenvalue weighted by Gasteiger charge is -2.55. The smallest absolute Gasteiger partial charge is 0.372 e. The number of aliphatic carboxylic acids is 1. The van der Waals surface area contributed by atoms with E-state index in [1.165, 1.54) is 12.2 Å². The summed E-state index contributed by atoms with van der Waals surface area (Å²) in [4.78, 5) is 35.8. The third-order valence-electron chi connectivity index (χ3n) is 8.75. The molecule has 6 heteroatoms. The number of ether oxygens (including phenoxy) is 1. The summed E-state index contributed by atoms with van der Waals surface area (Å²) in [6.07, 6.45) is 4.93. The molecule has 1 heterocycles. The van der Waals surface area contributed by atoms with Gasteiger partial charge in [0.2, 0.25) is 5.78 Å². The van der Waals surface area contributed by atoms with Crippen molar-refractivity contribution in [3.05, 3.63) is 23.8 Å². The maximum atomic E-state index is 15.3. The van der Waals surface area contributed by atoms with Crippen LogP contribution in [0.25, 0.3) is 0 Å². The fourth-order valence-electron chi connectivity index (χ4n) is 7.70. The molecule has 0 aromatic heterocycles. The van der Waals surface area contributed by atoms with Crippen LogP contribution in [-0.4, -0.2) is 40.5 Å². The Morgan fingerprint density at radius 2 is 1.96 bits per heavy atom. The first-order valence-electron chi connectivity index (χ1n) is 10.1. The zero-order chi connectivity index (χ0) is 20.2. The zero-order valence-electron chi connectivity index (χ0n) is 16.3. The second kappa shape index (κ2) is 5.21. The number of epoxide rings is 1. The average Bonchev–Trinajstić information content (AvgIpc) is 3.27. The van der Waals surface area contributed by atoms with Gasteiger partial charge in [-0.05, 0) is 67.1 Å². The quantitative estimate of drug-likeness (QED) is 0.581. The van der Waals surface area contributed by atoms with Crippen LogP contribution in [0.1, 0.15) is 40.0 Å². The van der Waals surface area contributed by atoms with Gasteiger partial charge in [0.1, 0.15) is 11.8 Å². The second-order valence-corrected chi connectivity index (χ2v) is 9.92. The lowest BCUT2D eigenvalue weighted by molar-refractivity contribution is -0.154. The van der Waals surface area contributed by atoms with Gasteiger partial charge in [-0.1, -0.05) is 19.9 Å². The Morgan fingerprint density at radius 1 is 1.25 bits per heavy atom. The van der Waals surface area contributed by atoms with Crippen LogP contribution in [0.2, 0.25) is 0 Å². The molecule has 28 heavy (non-hydrogen) atoms. The van der Waals surface area contributed by atoms with E-state index in [1.807, 2.05) is 26.8 Å². The van der Waals surface area contributed by atoms with Gasteiger partial charge in [-0.25, -0.2) is 9.18 Å². The minimum atomic E-state index is -1.38. The van der Waals surface area contributed by atoms with Crippen molar-refractivity contribution in [2.24, 2.45) is 34.5 Å². The Hall–Kier alpha value is -1.82. The van der Waals surface area contributed by atoms with Crippen LogP contribution in [-0.2, 0) is 19.1 Å². The average molecular weight is 388 g/mol. The van der Waals surface area contributed by atoms with Crippen LogP contribution in [0.3, 0.4) is 0 Å².